The first-order valence-electron chi connectivity index (χ1n) is 5.22. The molecule has 0 aromatic carbocycles. The zero-order valence-electron chi connectivity index (χ0n) is 10.0. The molecule has 2 rings (SSSR count). The molecule has 2 aromatic heterocycles. The van der Waals surface area contributed by atoms with Crippen LogP contribution in [0.2, 0.25) is 0 Å². The Morgan fingerprint density at radius 3 is 2.50 bits per heavy atom. The molecule has 0 spiro atoms. The molecule has 2 aromatic rings. The first-order valence-corrected chi connectivity index (χ1v) is 7.53. The molecule has 0 saturated heterocycles. The molecule has 2 heterocycles. The highest BCUT2D eigenvalue weighted by Gasteiger charge is 2.25. The van der Waals surface area contributed by atoms with Gasteiger partial charge in [-0.25, -0.2) is 8.42 Å². The largest absolute Gasteiger partial charge is 0.296 e. The Bertz CT molecular complexity index is 673. The van der Waals surface area contributed by atoms with Gasteiger partial charge in [0, 0.05) is 22.4 Å². The summed E-state index contributed by atoms with van der Waals surface area (Å²) in [7, 11) is 1.42. The van der Waals surface area contributed by atoms with Crippen LogP contribution >= 0.6 is 10.7 Å². The van der Waals surface area contributed by atoms with Crippen LogP contribution < -0.4 is 0 Å². The van der Waals surface area contributed by atoms with Crippen molar-refractivity contribution in [1.82, 2.24) is 25.0 Å². The van der Waals surface area contributed by atoms with Gasteiger partial charge < -0.3 is 0 Å². The second kappa shape index (κ2) is 4.36. The van der Waals surface area contributed by atoms with Gasteiger partial charge in [-0.2, -0.15) is 5.10 Å². The molecule has 0 aliphatic rings. The van der Waals surface area contributed by atoms with Crippen molar-refractivity contribution in [1.29, 1.82) is 0 Å². The second-order valence-electron chi connectivity index (χ2n) is 4.12. The molecule has 0 fully saturated rings. The van der Waals surface area contributed by atoms with Gasteiger partial charge >= 0.3 is 0 Å². The van der Waals surface area contributed by atoms with Crippen molar-refractivity contribution in [2.45, 2.75) is 32.0 Å². The maximum Gasteiger partial charge on any atom is 0.296 e. The van der Waals surface area contributed by atoms with Crippen LogP contribution in [0.5, 0.6) is 0 Å². The number of H-pyrrole nitrogens is 1. The standard InChI is InChI=1S/C9H12ClN5O2S/c1-5(2)15-8(7-4-11-12-6(7)3)13-14-9(15)18(10,16)17/h4-5H,1-3H3,(H,11,12). The van der Waals surface area contributed by atoms with E-state index in [1.807, 2.05) is 20.8 Å². The van der Waals surface area contributed by atoms with E-state index >= 15 is 0 Å². The lowest BCUT2D eigenvalue weighted by Gasteiger charge is -2.11. The van der Waals surface area contributed by atoms with Crippen LogP contribution in [0.4, 0.5) is 0 Å². The maximum atomic E-state index is 11.4. The molecule has 18 heavy (non-hydrogen) atoms. The summed E-state index contributed by atoms with van der Waals surface area (Å²) in [5, 5.41) is 13.9. The first kappa shape index (κ1) is 13.0. The molecular formula is C9H12ClN5O2S. The lowest BCUT2D eigenvalue weighted by atomic mass is 10.2. The number of aromatic nitrogens is 5. The third-order valence-electron chi connectivity index (χ3n) is 2.47. The first-order chi connectivity index (χ1) is 8.32. The smallest absolute Gasteiger partial charge is 0.294 e. The number of aryl methyl sites for hydroxylation is 1. The van der Waals surface area contributed by atoms with Crippen LogP contribution in [0.25, 0.3) is 11.4 Å². The summed E-state index contributed by atoms with van der Waals surface area (Å²) < 4.78 is 24.4. The van der Waals surface area contributed by atoms with E-state index in [1.54, 1.807) is 6.20 Å². The summed E-state index contributed by atoms with van der Waals surface area (Å²) in [6.45, 7) is 5.47. The molecule has 0 unspecified atom stereocenters. The molecule has 7 nitrogen and oxygen atoms in total. The van der Waals surface area contributed by atoms with Crippen molar-refractivity contribution in [3.63, 3.8) is 0 Å². The Morgan fingerprint density at radius 1 is 1.39 bits per heavy atom. The predicted molar refractivity (Wildman–Crippen MR) is 65.8 cm³/mol. The van der Waals surface area contributed by atoms with Gasteiger partial charge in [-0.1, -0.05) is 0 Å². The molecule has 0 bridgehead atoms. The Labute approximate surface area is 109 Å². The van der Waals surface area contributed by atoms with Gasteiger partial charge in [0.25, 0.3) is 14.2 Å². The Morgan fingerprint density at radius 2 is 2.06 bits per heavy atom. The second-order valence-corrected chi connectivity index (χ2v) is 6.58. The van der Waals surface area contributed by atoms with Crippen molar-refractivity contribution in [3.8, 4) is 11.4 Å². The number of hydrogen-bond acceptors (Lipinski definition) is 5. The van der Waals surface area contributed by atoms with Crippen LogP contribution in [0.1, 0.15) is 25.6 Å². The Balaban J connectivity index is 2.72. The average Bonchev–Trinajstić information content (AvgIpc) is 2.80. The number of rotatable bonds is 3. The topological polar surface area (TPSA) is 93.5 Å². The zero-order chi connectivity index (χ0) is 13.5. The summed E-state index contributed by atoms with van der Waals surface area (Å²) >= 11 is 0. The third kappa shape index (κ3) is 2.13. The summed E-state index contributed by atoms with van der Waals surface area (Å²) in [6, 6.07) is -0.146. The summed E-state index contributed by atoms with van der Waals surface area (Å²) in [4.78, 5) is 0. The fourth-order valence-electron chi connectivity index (χ4n) is 1.67. The van der Waals surface area contributed by atoms with Crippen LogP contribution in [-0.2, 0) is 9.05 Å². The lowest BCUT2D eigenvalue weighted by molar-refractivity contribution is 0.530. The van der Waals surface area contributed by atoms with Gasteiger partial charge in [0.05, 0.1) is 11.8 Å². The molecule has 98 valence electrons. The van der Waals surface area contributed by atoms with E-state index in [-0.39, 0.29) is 11.2 Å². The van der Waals surface area contributed by atoms with Crippen LogP contribution in [-0.4, -0.2) is 33.4 Å². The van der Waals surface area contributed by atoms with Crippen molar-refractivity contribution in [2.24, 2.45) is 0 Å². The van der Waals surface area contributed by atoms with E-state index in [9.17, 15) is 8.42 Å². The van der Waals surface area contributed by atoms with Gasteiger partial charge in [0.15, 0.2) is 5.82 Å². The van der Waals surface area contributed by atoms with E-state index in [2.05, 4.69) is 20.4 Å². The summed E-state index contributed by atoms with van der Waals surface area (Å²) in [6.07, 6.45) is 1.57. The number of nitrogens with zero attached hydrogens (tertiary/aromatic N) is 4. The molecule has 0 aliphatic heterocycles. The average molecular weight is 290 g/mol. The third-order valence-corrected chi connectivity index (χ3v) is 3.60. The minimum Gasteiger partial charge on any atom is -0.294 e. The minimum atomic E-state index is -3.93. The summed E-state index contributed by atoms with van der Waals surface area (Å²) in [5.74, 6) is 0.426. The molecular weight excluding hydrogens is 278 g/mol. The molecule has 0 atom stereocenters. The van der Waals surface area contributed by atoms with E-state index in [1.165, 1.54) is 4.57 Å². The monoisotopic (exact) mass is 289 g/mol. The van der Waals surface area contributed by atoms with Crippen LogP contribution in [0, 0.1) is 6.92 Å². The van der Waals surface area contributed by atoms with Crippen molar-refractivity contribution >= 4 is 19.7 Å². The van der Waals surface area contributed by atoms with E-state index in [4.69, 9.17) is 10.7 Å². The van der Waals surface area contributed by atoms with Crippen LogP contribution in [0.15, 0.2) is 11.4 Å². The minimum absolute atomic E-state index is 0.146. The van der Waals surface area contributed by atoms with E-state index in [0.29, 0.717) is 11.4 Å². The van der Waals surface area contributed by atoms with Crippen LogP contribution in [0.3, 0.4) is 0 Å². The zero-order valence-corrected chi connectivity index (χ0v) is 11.6. The Hall–Kier alpha value is -1.41. The van der Waals surface area contributed by atoms with Crippen molar-refractivity contribution in [3.05, 3.63) is 11.9 Å². The lowest BCUT2D eigenvalue weighted by Crippen LogP contribution is -2.10. The molecule has 0 amide bonds. The van der Waals surface area contributed by atoms with Gasteiger partial charge in [0.2, 0.25) is 0 Å². The maximum absolute atomic E-state index is 11.4. The highest BCUT2D eigenvalue weighted by atomic mass is 35.7. The highest BCUT2D eigenvalue weighted by Crippen LogP contribution is 2.27. The number of halogens is 1. The fraction of sp³-hybridized carbons (Fsp3) is 0.444. The number of hydrogen-bond donors (Lipinski definition) is 1. The van der Waals surface area contributed by atoms with Crippen molar-refractivity contribution in [2.75, 3.05) is 0 Å². The SMILES string of the molecule is Cc1[nH]ncc1-c1nnc(S(=O)(=O)Cl)n1C(C)C. The highest BCUT2D eigenvalue weighted by molar-refractivity contribution is 8.13. The van der Waals surface area contributed by atoms with Gasteiger partial charge in [0.1, 0.15) is 0 Å². The summed E-state index contributed by atoms with van der Waals surface area (Å²) in [5.41, 5.74) is 1.48. The van der Waals surface area contributed by atoms with Gasteiger partial charge in [-0.3, -0.25) is 9.67 Å². The molecule has 0 radical (unpaired) electrons. The molecule has 1 N–H and O–H groups in total. The fourth-order valence-corrected chi connectivity index (χ4v) is 2.65. The van der Waals surface area contributed by atoms with Crippen molar-refractivity contribution < 1.29 is 8.42 Å². The molecule has 0 aliphatic carbocycles. The Kier molecular flexibility index (Phi) is 3.16. The van der Waals surface area contributed by atoms with E-state index < -0.39 is 9.05 Å². The normalized spacial score (nSPS) is 12.3. The predicted octanol–water partition coefficient (Wildman–Crippen LogP) is 1.49. The van der Waals surface area contributed by atoms with E-state index in [0.717, 1.165) is 5.69 Å². The molecule has 0 saturated carbocycles. The van der Waals surface area contributed by atoms with Gasteiger partial charge in [-0.15, -0.1) is 10.2 Å². The van der Waals surface area contributed by atoms with Gasteiger partial charge in [-0.05, 0) is 20.8 Å². The number of aromatic amines is 1. The quantitative estimate of drug-likeness (QED) is 0.864. The molecule has 9 heteroatoms. The number of nitrogens with one attached hydrogen (secondary N) is 1.